The molecule has 6 nitrogen and oxygen atoms in total. The number of likely N-dealkylation sites (tertiary alicyclic amines) is 1. The first-order valence-electron chi connectivity index (χ1n) is 11.0. The molecule has 0 aliphatic carbocycles. The lowest BCUT2D eigenvalue weighted by molar-refractivity contribution is 0.179. The van der Waals surface area contributed by atoms with Gasteiger partial charge in [-0.1, -0.05) is 12.1 Å². The quantitative estimate of drug-likeness (QED) is 0.273. The van der Waals surface area contributed by atoms with Crippen molar-refractivity contribution in [2.24, 2.45) is 10.9 Å². The monoisotopic (exact) mass is 575 g/mol. The maximum absolute atomic E-state index is 13.7. The van der Waals surface area contributed by atoms with Crippen LogP contribution in [0.5, 0.6) is 5.75 Å². The number of likely N-dealkylation sites (N-methyl/N-ethyl adjacent to an activating group) is 1. The van der Waals surface area contributed by atoms with Crippen LogP contribution in [-0.4, -0.2) is 67.1 Å². The highest BCUT2D eigenvalue weighted by Gasteiger charge is 2.20. The third kappa shape index (κ3) is 8.47. The molecule has 2 heterocycles. The fourth-order valence-corrected chi connectivity index (χ4v) is 4.29. The Morgan fingerprint density at radius 2 is 2.09 bits per heavy atom. The molecular weight excluding hydrogens is 540 g/mol. The third-order valence-electron chi connectivity index (χ3n) is 5.48. The predicted molar refractivity (Wildman–Crippen MR) is 141 cm³/mol. The molecule has 32 heavy (non-hydrogen) atoms. The van der Waals surface area contributed by atoms with Crippen LogP contribution in [0.3, 0.4) is 0 Å². The number of piperidine rings is 1. The number of hydrogen-bond acceptors (Lipinski definition) is 5. The van der Waals surface area contributed by atoms with Crippen molar-refractivity contribution in [1.29, 1.82) is 0 Å². The van der Waals surface area contributed by atoms with Gasteiger partial charge in [0.2, 0.25) is 0 Å². The summed E-state index contributed by atoms with van der Waals surface area (Å²) in [7, 11) is 1.99. The largest absolute Gasteiger partial charge is 0.489 e. The number of para-hydroxylation sites is 1. The Labute approximate surface area is 212 Å². The molecule has 3 rings (SSSR count). The van der Waals surface area contributed by atoms with Gasteiger partial charge in [0.1, 0.15) is 6.61 Å². The van der Waals surface area contributed by atoms with Crippen LogP contribution < -0.4 is 10.1 Å². The standard InChI is InChI=1S/C23H34FN5OS.HI/c1-4-25-23(28(3)13-14-30-22-8-6-5-7-21(22)24)26-15-19-9-11-29(12-10-19)16-20-17-31-18(2)27-20;/h5-8,17,19H,4,9-16H2,1-3H3,(H,25,26);1H. The second-order valence-electron chi connectivity index (χ2n) is 7.97. The summed E-state index contributed by atoms with van der Waals surface area (Å²) in [4.78, 5) is 14.0. The summed E-state index contributed by atoms with van der Waals surface area (Å²) in [6, 6.07) is 6.50. The van der Waals surface area contributed by atoms with Crippen LogP contribution in [0.4, 0.5) is 4.39 Å². The number of aliphatic imine (C=N–C) groups is 1. The van der Waals surface area contributed by atoms with Gasteiger partial charge in [-0.15, -0.1) is 35.3 Å². The number of nitrogens with one attached hydrogen (secondary N) is 1. The van der Waals surface area contributed by atoms with Crippen molar-refractivity contribution in [3.63, 3.8) is 0 Å². The van der Waals surface area contributed by atoms with Gasteiger partial charge in [-0.05, 0) is 57.8 Å². The SMILES string of the molecule is CCNC(=NCC1CCN(Cc2csc(C)n2)CC1)N(C)CCOc1ccccc1F.I. The van der Waals surface area contributed by atoms with E-state index in [4.69, 9.17) is 9.73 Å². The van der Waals surface area contributed by atoms with Crippen molar-refractivity contribution < 1.29 is 9.13 Å². The molecule has 1 aromatic heterocycles. The predicted octanol–water partition coefficient (Wildman–Crippen LogP) is 4.40. The molecule has 1 aliphatic heterocycles. The van der Waals surface area contributed by atoms with Gasteiger partial charge in [0, 0.05) is 32.1 Å². The summed E-state index contributed by atoms with van der Waals surface area (Å²) in [6.07, 6.45) is 2.32. The molecule has 1 saturated heterocycles. The van der Waals surface area contributed by atoms with Gasteiger partial charge in [-0.2, -0.15) is 0 Å². The smallest absolute Gasteiger partial charge is 0.193 e. The first kappa shape index (κ1) is 26.8. The highest BCUT2D eigenvalue weighted by molar-refractivity contribution is 14.0. The number of nitrogens with zero attached hydrogens (tertiary/aromatic N) is 4. The zero-order valence-electron chi connectivity index (χ0n) is 19.2. The summed E-state index contributed by atoms with van der Waals surface area (Å²) in [5.41, 5.74) is 1.19. The summed E-state index contributed by atoms with van der Waals surface area (Å²) < 4.78 is 19.3. The topological polar surface area (TPSA) is 53.0 Å². The van der Waals surface area contributed by atoms with Gasteiger partial charge >= 0.3 is 0 Å². The van der Waals surface area contributed by atoms with Gasteiger partial charge in [-0.25, -0.2) is 9.37 Å². The number of aryl methyl sites for hydroxylation is 1. The van der Waals surface area contributed by atoms with Gasteiger partial charge < -0.3 is 15.0 Å². The molecule has 1 N–H and O–H groups in total. The van der Waals surface area contributed by atoms with E-state index in [0.717, 1.165) is 56.5 Å². The Morgan fingerprint density at radius 3 is 2.75 bits per heavy atom. The number of hydrogen-bond donors (Lipinski definition) is 1. The highest BCUT2D eigenvalue weighted by atomic mass is 127. The molecule has 0 unspecified atom stereocenters. The summed E-state index contributed by atoms with van der Waals surface area (Å²) in [5.74, 6) is 1.43. The second-order valence-corrected chi connectivity index (χ2v) is 9.03. The van der Waals surface area contributed by atoms with Crippen LogP contribution >= 0.6 is 35.3 Å². The average Bonchev–Trinajstić information content (AvgIpc) is 3.18. The van der Waals surface area contributed by atoms with E-state index in [2.05, 4.69) is 34.4 Å². The minimum atomic E-state index is -0.331. The van der Waals surface area contributed by atoms with Crippen molar-refractivity contribution in [3.05, 3.63) is 46.2 Å². The number of aromatic nitrogens is 1. The van der Waals surface area contributed by atoms with Crippen LogP contribution in [0.1, 0.15) is 30.5 Å². The van der Waals surface area contributed by atoms with Crippen molar-refractivity contribution in [2.75, 3.05) is 46.4 Å². The second kappa shape index (κ2) is 13.9. The molecule has 2 aromatic rings. The maximum Gasteiger partial charge on any atom is 0.193 e. The van der Waals surface area contributed by atoms with E-state index < -0.39 is 0 Å². The Kier molecular flexibility index (Phi) is 11.7. The summed E-state index contributed by atoms with van der Waals surface area (Å²) in [5, 5.41) is 6.66. The van der Waals surface area contributed by atoms with E-state index in [1.54, 1.807) is 29.5 Å². The van der Waals surface area contributed by atoms with Crippen LogP contribution in [0, 0.1) is 18.7 Å². The van der Waals surface area contributed by atoms with Gasteiger partial charge in [0.05, 0.1) is 17.2 Å². The number of rotatable bonds is 9. The van der Waals surface area contributed by atoms with Crippen LogP contribution in [-0.2, 0) is 6.54 Å². The van der Waals surface area contributed by atoms with Crippen molar-refractivity contribution in [1.82, 2.24) is 20.1 Å². The average molecular weight is 576 g/mol. The molecule has 0 spiro atoms. The minimum absolute atomic E-state index is 0. The van der Waals surface area contributed by atoms with Crippen LogP contribution in [0.15, 0.2) is 34.6 Å². The normalized spacial score (nSPS) is 15.3. The molecule has 0 amide bonds. The van der Waals surface area contributed by atoms with Crippen molar-refractivity contribution in [2.45, 2.75) is 33.2 Å². The molecule has 9 heteroatoms. The lowest BCUT2D eigenvalue weighted by Gasteiger charge is -2.31. The fraction of sp³-hybridized carbons (Fsp3) is 0.565. The lowest BCUT2D eigenvalue weighted by atomic mass is 9.97. The molecular formula is C23H35FIN5OS. The Bertz CT molecular complexity index is 841. The molecule has 178 valence electrons. The first-order valence-corrected chi connectivity index (χ1v) is 11.9. The van der Waals surface area contributed by atoms with Gasteiger partial charge in [-0.3, -0.25) is 9.89 Å². The van der Waals surface area contributed by atoms with E-state index in [1.807, 2.05) is 11.9 Å². The zero-order chi connectivity index (χ0) is 22.1. The van der Waals surface area contributed by atoms with Crippen molar-refractivity contribution >= 4 is 41.3 Å². The number of guanidine groups is 1. The van der Waals surface area contributed by atoms with Gasteiger partial charge in [0.25, 0.3) is 0 Å². The van der Waals surface area contributed by atoms with E-state index in [0.29, 0.717) is 19.1 Å². The Morgan fingerprint density at radius 1 is 1.34 bits per heavy atom. The van der Waals surface area contributed by atoms with E-state index in [-0.39, 0.29) is 35.5 Å². The number of thiazole rings is 1. The molecule has 0 radical (unpaired) electrons. The van der Waals surface area contributed by atoms with E-state index in [1.165, 1.54) is 11.8 Å². The molecule has 0 saturated carbocycles. The summed E-state index contributed by atoms with van der Waals surface area (Å²) >= 11 is 1.72. The number of halogens is 2. The molecule has 0 atom stereocenters. The minimum Gasteiger partial charge on any atom is -0.489 e. The van der Waals surface area contributed by atoms with Gasteiger partial charge in [0.15, 0.2) is 17.5 Å². The highest BCUT2D eigenvalue weighted by Crippen LogP contribution is 2.20. The van der Waals surface area contributed by atoms with Crippen molar-refractivity contribution in [3.8, 4) is 5.75 Å². The molecule has 1 aromatic carbocycles. The van der Waals surface area contributed by atoms with E-state index in [9.17, 15) is 4.39 Å². The van der Waals surface area contributed by atoms with Crippen LogP contribution in [0.25, 0.3) is 0 Å². The molecule has 1 aliphatic rings. The van der Waals surface area contributed by atoms with E-state index >= 15 is 0 Å². The summed E-state index contributed by atoms with van der Waals surface area (Å²) in [6.45, 7) is 9.93. The fourth-order valence-electron chi connectivity index (χ4n) is 3.68. The Hall–Kier alpha value is -1.46. The number of ether oxygens (including phenoxy) is 1. The number of benzene rings is 1. The molecule has 1 fully saturated rings. The Balaban J connectivity index is 0.00000363. The third-order valence-corrected chi connectivity index (χ3v) is 6.30. The zero-order valence-corrected chi connectivity index (χ0v) is 22.4. The first-order chi connectivity index (χ1) is 15.0. The van der Waals surface area contributed by atoms with Crippen LogP contribution in [0.2, 0.25) is 0 Å². The lowest BCUT2D eigenvalue weighted by Crippen LogP contribution is -2.41. The maximum atomic E-state index is 13.7. The molecule has 0 bridgehead atoms.